The maximum absolute atomic E-state index is 11.9. The molecule has 0 aromatic carbocycles. The lowest BCUT2D eigenvalue weighted by molar-refractivity contribution is -0.221. The van der Waals surface area contributed by atoms with Gasteiger partial charge < -0.3 is 19.7 Å². The van der Waals surface area contributed by atoms with E-state index in [9.17, 15) is 15.0 Å². The van der Waals surface area contributed by atoms with E-state index >= 15 is 0 Å². The molecule has 0 aromatic heterocycles. The molecule has 0 amide bonds. The molecule has 0 spiro atoms. The van der Waals surface area contributed by atoms with Gasteiger partial charge in [-0.2, -0.15) is 0 Å². The lowest BCUT2D eigenvalue weighted by atomic mass is 9.64. The summed E-state index contributed by atoms with van der Waals surface area (Å²) in [5.74, 6) is -1.21. The van der Waals surface area contributed by atoms with Gasteiger partial charge >= 0.3 is 5.97 Å². The van der Waals surface area contributed by atoms with Gasteiger partial charge in [-0.3, -0.25) is 4.79 Å². The highest BCUT2D eigenvalue weighted by Gasteiger charge is 2.44. The maximum Gasteiger partial charge on any atom is 0.306 e. The summed E-state index contributed by atoms with van der Waals surface area (Å²) in [6.07, 6.45) is 12.6. The van der Waals surface area contributed by atoms with E-state index in [1.54, 1.807) is 5.57 Å². The van der Waals surface area contributed by atoms with Gasteiger partial charge in [0.15, 0.2) is 5.79 Å². The van der Waals surface area contributed by atoms with Crippen LogP contribution in [0, 0.1) is 11.3 Å². The van der Waals surface area contributed by atoms with Gasteiger partial charge in [0.05, 0.1) is 12.7 Å². The molecular formula is C29H44O5. The molecule has 0 unspecified atom stereocenters. The molecule has 2 N–H and O–H groups in total. The van der Waals surface area contributed by atoms with Crippen molar-refractivity contribution in [3.8, 4) is 0 Å². The number of fused-ring (bicyclic) bond motifs is 1. The Kier molecular flexibility index (Phi) is 8.32. The van der Waals surface area contributed by atoms with E-state index in [0.29, 0.717) is 17.9 Å². The Balaban J connectivity index is 1.63. The summed E-state index contributed by atoms with van der Waals surface area (Å²) in [6, 6.07) is 0. The summed E-state index contributed by atoms with van der Waals surface area (Å²) in [7, 11) is 0. The molecular weight excluding hydrogens is 428 g/mol. The van der Waals surface area contributed by atoms with E-state index in [0.717, 1.165) is 24.8 Å². The van der Waals surface area contributed by atoms with Crippen LogP contribution in [0.5, 0.6) is 0 Å². The molecule has 4 atom stereocenters. The molecule has 0 radical (unpaired) electrons. The van der Waals surface area contributed by atoms with Gasteiger partial charge in [0.25, 0.3) is 0 Å². The molecule has 0 aliphatic heterocycles. The average molecular weight is 473 g/mol. The average Bonchev–Trinajstić information content (AvgIpc) is 3.08. The van der Waals surface area contributed by atoms with Gasteiger partial charge in [-0.1, -0.05) is 49.8 Å². The van der Waals surface area contributed by atoms with Crippen molar-refractivity contribution in [3.63, 3.8) is 0 Å². The number of carbonyl (C=O) groups excluding carboxylic acids is 1. The van der Waals surface area contributed by atoms with Gasteiger partial charge in [-0.25, -0.2) is 0 Å². The van der Waals surface area contributed by atoms with Crippen LogP contribution < -0.4 is 0 Å². The summed E-state index contributed by atoms with van der Waals surface area (Å²) in [5.41, 5.74) is 4.27. The number of hydrogen-bond acceptors (Lipinski definition) is 5. The summed E-state index contributed by atoms with van der Waals surface area (Å²) < 4.78 is 11.1. The number of carbonyl (C=O) groups is 1. The minimum Gasteiger partial charge on any atom is -0.460 e. The van der Waals surface area contributed by atoms with Crippen LogP contribution in [0.25, 0.3) is 0 Å². The number of aliphatic hydroxyl groups is 2. The van der Waals surface area contributed by atoms with E-state index < -0.39 is 17.5 Å². The molecule has 0 saturated heterocycles. The molecule has 5 nitrogen and oxygen atoms in total. The Hall–Kier alpha value is -1.69. The van der Waals surface area contributed by atoms with Gasteiger partial charge in [0.2, 0.25) is 0 Å². The third-order valence-electron chi connectivity index (χ3n) is 7.70. The van der Waals surface area contributed by atoms with Crippen molar-refractivity contribution in [2.45, 2.75) is 110 Å². The fourth-order valence-electron chi connectivity index (χ4n) is 5.93. The molecule has 34 heavy (non-hydrogen) atoms. The molecule has 3 rings (SSSR count). The lowest BCUT2D eigenvalue weighted by Gasteiger charge is -2.41. The predicted molar refractivity (Wildman–Crippen MR) is 135 cm³/mol. The van der Waals surface area contributed by atoms with Crippen LogP contribution in [-0.2, 0) is 14.3 Å². The van der Waals surface area contributed by atoms with Crippen molar-refractivity contribution in [3.05, 3.63) is 47.1 Å². The molecule has 0 heterocycles. The predicted octanol–water partition coefficient (Wildman–Crippen LogP) is 5.92. The SMILES string of the molecule is C=C1C(=CC=C2CCC[C@]3(C)C(CC)=CC[C@@H]23)C[C@](O)(OCCCC(=O)OC(C)(C)C)C[C@@H]1O. The van der Waals surface area contributed by atoms with Crippen LogP contribution in [0.4, 0.5) is 0 Å². The second-order valence-corrected chi connectivity index (χ2v) is 11.5. The van der Waals surface area contributed by atoms with Crippen LogP contribution in [-0.4, -0.2) is 40.3 Å². The van der Waals surface area contributed by atoms with Crippen molar-refractivity contribution in [1.29, 1.82) is 0 Å². The number of aliphatic hydroxyl groups excluding tert-OH is 1. The summed E-state index contributed by atoms with van der Waals surface area (Å²) in [4.78, 5) is 11.9. The molecule has 3 aliphatic rings. The van der Waals surface area contributed by atoms with Crippen LogP contribution >= 0.6 is 0 Å². The smallest absolute Gasteiger partial charge is 0.306 e. The Morgan fingerprint density at radius 2 is 2.06 bits per heavy atom. The zero-order valence-corrected chi connectivity index (χ0v) is 21.8. The minimum atomic E-state index is -1.47. The lowest BCUT2D eigenvalue weighted by Crippen LogP contribution is -2.42. The topological polar surface area (TPSA) is 76.0 Å². The van der Waals surface area contributed by atoms with Crippen molar-refractivity contribution < 1.29 is 24.5 Å². The van der Waals surface area contributed by atoms with Crippen LogP contribution in [0.3, 0.4) is 0 Å². The molecule has 190 valence electrons. The first-order valence-electron chi connectivity index (χ1n) is 12.9. The third-order valence-corrected chi connectivity index (χ3v) is 7.70. The fraction of sp³-hybridized carbons (Fsp3) is 0.690. The molecule has 5 heteroatoms. The standard InChI is InChI=1S/C29H44O5/c1-7-23-14-15-24-21(10-8-16-28(23,24)6)12-13-22-18-29(32,19-25(30)20(22)2)33-17-9-11-26(31)34-27(3,4)5/h12-14,24-25,30,32H,2,7-11,15-19H2,1,3-6H3/t24-,25-,28+,29-/m0/s1. The van der Waals surface area contributed by atoms with Crippen molar-refractivity contribution >= 4 is 5.97 Å². The maximum atomic E-state index is 11.9. The summed E-state index contributed by atoms with van der Waals surface area (Å²) in [5, 5.41) is 21.6. The molecule has 3 aliphatic carbocycles. The zero-order valence-electron chi connectivity index (χ0n) is 21.8. The highest BCUT2D eigenvalue weighted by molar-refractivity contribution is 5.69. The first kappa shape index (κ1) is 26.9. The van der Waals surface area contributed by atoms with Crippen molar-refractivity contribution in [2.75, 3.05) is 6.61 Å². The third kappa shape index (κ3) is 6.30. The van der Waals surface area contributed by atoms with E-state index in [4.69, 9.17) is 9.47 Å². The van der Waals surface area contributed by atoms with Crippen LogP contribution in [0.2, 0.25) is 0 Å². The van der Waals surface area contributed by atoms with Crippen LogP contribution in [0.1, 0.15) is 92.4 Å². The number of rotatable bonds is 7. The molecule has 2 fully saturated rings. The Labute approximate surface area is 205 Å². The summed E-state index contributed by atoms with van der Waals surface area (Å²) in [6.45, 7) is 14.5. The number of esters is 1. The van der Waals surface area contributed by atoms with E-state index in [-0.39, 0.29) is 37.3 Å². The first-order valence-corrected chi connectivity index (χ1v) is 12.9. The van der Waals surface area contributed by atoms with Crippen molar-refractivity contribution in [1.82, 2.24) is 0 Å². The highest BCUT2D eigenvalue weighted by Crippen LogP contribution is 2.55. The second kappa shape index (κ2) is 10.5. The van der Waals surface area contributed by atoms with E-state index in [1.165, 1.54) is 18.4 Å². The molecule has 0 aromatic rings. The Bertz CT molecular complexity index is 873. The molecule has 2 saturated carbocycles. The van der Waals surface area contributed by atoms with Gasteiger partial charge in [-0.15, -0.1) is 0 Å². The molecule has 0 bridgehead atoms. The van der Waals surface area contributed by atoms with E-state index in [2.05, 4.69) is 32.6 Å². The highest BCUT2D eigenvalue weighted by atomic mass is 16.6. The van der Waals surface area contributed by atoms with Crippen molar-refractivity contribution in [2.24, 2.45) is 11.3 Å². The fourth-order valence-corrected chi connectivity index (χ4v) is 5.93. The van der Waals surface area contributed by atoms with Gasteiger partial charge in [0, 0.05) is 19.3 Å². The first-order chi connectivity index (χ1) is 15.9. The Morgan fingerprint density at radius 3 is 2.74 bits per heavy atom. The normalized spacial score (nSPS) is 34.3. The monoisotopic (exact) mass is 472 g/mol. The van der Waals surface area contributed by atoms with Gasteiger partial charge in [0.1, 0.15) is 5.60 Å². The van der Waals surface area contributed by atoms with Crippen LogP contribution in [0.15, 0.2) is 47.1 Å². The number of ether oxygens (including phenoxy) is 2. The summed E-state index contributed by atoms with van der Waals surface area (Å²) >= 11 is 0. The van der Waals surface area contributed by atoms with E-state index in [1.807, 2.05) is 26.8 Å². The van der Waals surface area contributed by atoms with Gasteiger partial charge in [-0.05, 0) is 81.8 Å². The quantitative estimate of drug-likeness (QED) is 0.208. The number of allylic oxidation sites excluding steroid dienone is 5. The minimum absolute atomic E-state index is 0.0800. The zero-order chi connectivity index (χ0) is 25.1. The largest absolute Gasteiger partial charge is 0.460 e. The number of hydrogen-bond donors (Lipinski definition) is 2. The second-order valence-electron chi connectivity index (χ2n) is 11.5. The Morgan fingerprint density at radius 1 is 1.32 bits per heavy atom.